The van der Waals surface area contributed by atoms with Crippen molar-refractivity contribution >= 4 is 5.69 Å². The van der Waals surface area contributed by atoms with Gasteiger partial charge in [-0.3, -0.25) is 4.90 Å². The summed E-state index contributed by atoms with van der Waals surface area (Å²) in [5, 5.41) is 10.4. The molecule has 0 amide bonds. The molecule has 1 atom stereocenters. The molecule has 1 heterocycles. The number of β-amino-alcohol motifs (C(OH)–C–C–N with tert-alkyl or cyclic N) is 1. The van der Waals surface area contributed by atoms with Gasteiger partial charge < -0.3 is 10.0 Å². The third-order valence-corrected chi connectivity index (χ3v) is 4.28. The Bertz CT molecular complexity index is 381. The normalized spacial score (nSPS) is 20.6. The van der Waals surface area contributed by atoms with Crippen LogP contribution in [-0.4, -0.2) is 48.3 Å². The molecule has 0 aliphatic carbocycles. The number of hydrogen-bond acceptors (Lipinski definition) is 3. The number of anilines is 1. The maximum absolute atomic E-state index is 10.4. The molecular formula is C16H26N2O. The molecule has 1 unspecified atom stereocenters. The Hall–Kier alpha value is -1.06. The Kier molecular flexibility index (Phi) is 4.48. The molecular weight excluding hydrogens is 236 g/mol. The van der Waals surface area contributed by atoms with Crippen LogP contribution in [0.3, 0.4) is 0 Å². The van der Waals surface area contributed by atoms with E-state index in [-0.39, 0.29) is 0 Å². The van der Waals surface area contributed by atoms with Crippen LogP contribution in [-0.2, 0) is 0 Å². The highest BCUT2D eigenvalue weighted by atomic mass is 16.3. The van der Waals surface area contributed by atoms with Gasteiger partial charge >= 0.3 is 0 Å². The number of nitrogens with zero attached hydrogens (tertiary/aromatic N) is 2. The van der Waals surface area contributed by atoms with Crippen molar-refractivity contribution in [3.05, 3.63) is 30.3 Å². The first-order chi connectivity index (χ1) is 8.99. The van der Waals surface area contributed by atoms with E-state index in [1.807, 2.05) is 6.92 Å². The molecule has 0 saturated carbocycles. The largest absolute Gasteiger partial charge is 0.389 e. The number of rotatable bonds is 4. The van der Waals surface area contributed by atoms with Crippen LogP contribution in [0.15, 0.2) is 30.3 Å². The van der Waals surface area contributed by atoms with Gasteiger partial charge in [-0.25, -0.2) is 0 Å². The molecule has 1 fully saturated rings. The molecule has 106 valence electrons. The van der Waals surface area contributed by atoms with Crippen molar-refractivity contribution in [2.75, 3.05) is 37.6 Å². The van der Waals surface area contributed by atoms with Gasteiger partial charge in [0.1, 0.15) is 0 Å². The Morgan fingerprint density at radius 3 is 2.21 bits per heavy atom. The van der Waals surface area contributed by atoms with Crippen molar-refractivity contribution in [3.8, 4) is 0 Å². The van der Waals surface area contributed by atoms with Crippen LogP contribution >= 0.6 is 0 Å². The fraction of sp³-hybridized carbons (Fsp3) is 0.625. The minimum absolute atomic E-state index is 0.291. The van der Waals surface area contributed by atoms with E-state index in [9.17, 15) is 5.11 Å². The van der Waals surface area contributed by atoms with Crippen LogP contribution in [0, 0.1) is 5.92 Å². The Balaban J connectivity index is 1.86. The minimum Gasteiger partial charge on any atom is -0.389 e. The van der Waals surface area contributed by atoms with Crippen molar-refractivity contribution in [2.45, 2.75) is 26.4 Å². The maximum atomic E-state index is 10.4. The van der Waals surface area contributed by atoms with E-state index in [0.717, 1.165) is 32.7 Å². The molecule has 1 N–H and O–H groups in total. The first-order valence-electron chi connectivity index (χ1n) is 7.24. The fourth-order valence-electron chi connectivity index (χ4n) is 2.44. The third-order valence-electron chi connectivity index (χ3n) is 4.28. The third kappa shape index (κ3) is 3.71. The smallest absolute Gasteiger partial charge is 0.0768 e. The number of para-hydroxylation sites is 1. The molecule has 1 saturated heterocycles. The zero-order valence-corrected chi connectivity index (χ0v) is 12.3. The summed E-state index contributed by atoms with van der Waals surface area (Å²) in [5.41, 5.74) is 0.715. The van der Waals surface area contributed by atoms with Crippen LogP contribution in [0.25, 0.3) is 0 Å². The van der Waals surface area contributed by atoms with Gasteiger partial charge in [-0.2, -0.15) is 0 Å². The summed E-state index contributed by atoms with van der Waals surface area (Å²) in [6.45, 7) is 11.0. The molecule has 0 spiro atoms. The Morgan fingerprint density at radius 1 is 1.11 bits per heavy atom. The zero-order valence-electron chi connectivity index (χ0n) is 12.3. The Morgan fingerprint density at radius 2 is 1.68 bits per heavy atom. The van der Waals surface area contributed by atoms with E-state index in [1.165, 1.54) is 5.69 Å². The quantitative estimate of drug-likeness (QED) is 0.901. The summed E-state index contributed by atoms with van der Waals surface area (Å²) in [6.07, 6.45) is 0. The van der Waals surface area contributed by atoms with Gasteiger partial charge in [0.15, 0.2) is 0 Å². The van der Waals surface area contributed by atoms with Crippen LogP contribution in [0.2, 0.25) is 0 Å². The summed E-state index contributed by atoms with van der Waals surface area (Å²) < 4.78 is 0. The monoisotopic (exact) mass is 262 g/mol. The summed E-state index contributed by atoms with van der Waals surface area (Å²) in [5.74, 6) is 0.291. The topological polar surface area (TPSA) is 26.7 Å². The summed E-state index contributed by atoms with van der Waals surface area (Å²) in [6, 6.07) is 10.6. The average molecular weight is 262 g/mol. The van der Waals surface area contributed by atoms with Crippen LogP contribution < -0.4 is 4.90 Å². The molecule has 1 aliphatic rings. The Labute approximate surface area is 116 Å². The lowest BCUT2D eigenvalue weighted by atomic mass is 9.92. The van der Waals surface area contributed by atoms with E-state index in [4.69, 9.17) is 0 Å². The zero-order chi connectivity index (χ0) is 13.9. The van der Waals surface area contributed by atoms with Crippen LogP contribution in [0.4, 0.5) is 5.69 Å². The van der Waals surface area contributed by atoms with E-state index >= 15 is 0 Å². The van der Waals surface area contributed by atoms with Gasteiger partial charge in [-0.1, -0.05) is 32.0 Å². The molecule has 1 aliphatic heterocycles. The summed E-state index contributed by atoms with van der Waals surface area (Å²) in [7, 11) is 0. The first-order valence-corrected chi connectivity index (χ1v) is 7.24. The van der Waals surface area contributed by atoms with Gasteiger partial charge in [0.05, 0.1) is 5.60 Å². The summed E-state index contributed by atoms with van der Waals surface area (Å²) >= 11 is 0. The molecule has 0 aromatic heterocycles. The van der Waals surface area contributed by atoms with Crippen molar-refractivity contribution in [2.24, 2.45) is 5.92 Å². The molecule has 1 aromatic carbocycles. The highest BCUT2D eigenvalue weighted by Gasteiger charge is 2.29. The van der Waals surface area contributed by atoms with E-state index in [0.29, 0.717) is 5.92 Å². The molecule has 2 rings (SSSR count). The van der Waals surface area contributed by atoms with Gasteiger partial charge in [0.2, 0.25) is 0 Å². The number of aliphatic hydroxyl groups is 1. The van der Waals surface area contributed by atoms with E-state index in [2.05, 4.69) is 54.0 Å². The van der Waals surface area contributed by atoms with E-state index in [1.54, 1.807) is 0 Å². The average Bonchev–Trinajstić information content (AvgIpc) is 2.40. The second-order valence-electron chi connectivity index (χ2n) is 6.11. The summed E-state index contributed by atoms with van der Waals surface area (Å²) in [4.78, 5) is 4.79. The molecule has 0 radical (unpaired) electrons. The van der Waals surface area contributed by atoms with Gasteiger partial charge in [-0.05, 0) is 25.0 Å². The lowest BCUT2D eigenvalue weighted by Crippen LogP contribution is -2.52. The molecule has 3 heteroatoms. The van der Waals surface area contributed by atoms with Crippen LogP contribution in [0.5, 0.6) is 0 Å². The number of hydrogen-bond donors (Lipinski definition) is 1. The number of benzene rings is 1. The van der Waals surface area contributed by atoms with Gasteiger partial charge in [0, 0.05) is 38.4 Å². The van der Waals surface area contributed by atoms with Crippen molar-refractivity contribution in [1.29, 1.82) is 0 Å². The SMILES string of the molecule is CC(C)C(C)(O)CN1CCN(c2ccccc2)CC1. The van der Waals surface area contributed by atoms with Crippen molar-refractivity contribution in [3.63, 3.8) is 0 Å². The maximum Gasteiger partial charge on any atom is 0.0768 e. The molecule has 1 aromatic rings. The standard InChI is InChI=1S/C16H26N2O/c1-14(2)16(3,19)13-17-9-11-18(12-10-17)15-7-5-4-6-8-15/h4-8,14,19H,9-13H2,1-3H3. The fourth-order valence-corrected chi connectivity index (χ4v) is 2.44. The van der Waals surface area contributed by atoms with Crippen LogP contribution in [0.1, 0.15) is 20.8 Å². The van der Waals surface area contributed by atoms with E-state index < -0.39 is 5.60 Å². The van der Waals surface area contributed by atoms with Gasteiger partial charge in [-0.15, -0.1) is 0 Å². The minimum atomic E-state index is -0.588. The molecule has 0 bridgehead atoms. The van der Waals surface area contributed by atoms with Crippen molar-refractivity contribution in [1.82, 2.24) is 4.90 Å². The lowest BCUT2D eigenvalue weighted by Gasteiger charge is -2.40. The second-order valence-corrected chi connectivity index (χ2v) is 6.11. The van der Waals surface area contributed by atoms with Gasteiger partial charge in [0.25, 0.3) is 0 Å². The predicted octanol–water partition coefficient (Wildman–Crippen LogP) is 2.22. The highest BCUT2D eigenvalue weighted by Crippen LogP contribution is 2.20. The molecule has 19 heavy (non-hydrogen) atoms. The molecule has 3 nitrogen and oxygen atoms in total. The second kappa shape index (κ2) is 5.93. The lowest BCUT2D eigenvalue weighted by molar-refractivity contribution is -0.0198. The predicted molar refractivity (Wildman–Crippen MR) is 80.6 cm³/mol. The number of piperazine rings is 1. The van der Waals surface area contributed by atoms with Crippen molar-refractivity contribution < 1.29 is 5.11 Å². The first kappa shape index (κ1) is 14.4. The highest BCUT2D eigenvalue weighted by molar-refractivity contribution is 5.46.